The molecular formula is C35H57FN2O11. The van der Waals surface area contributed by atoms with E-state index >= 15 is 4.39 Å². The molecule has 13 atom stereocenters. The molecule has 1 amide bonds. The summed E-state index contributed by atoms with van der Waals surface area (Å²) in [6.07, 6.45) is -6.41. The zero-order valence-corrected chi connectivity index (χ0v) is 30.9. The molecule has 14 heteroatoms. The fourth-order valence-corrected chi connectivity index (χ4v) is 7.59. The molecule has 0 unspecified atom stereocenters. The van der Waals surface area contributed by atoms with Crippen molar-refractivity contribution in [3.63, 3.8) is 0 Å². The second-order valence-electron chi connectivity index (χ2n) is 14.9. The van der Waals surface area contributed by atoms with Gasteiger partial charge in [0.25, 0.3) is 5.67 Å². The van der Waals surface area contributed by atoms with Gasteiger partial charge in [-0.05, 0) is 67.0 Å². The molecule has 0 aromatic heterocycles. The number of aliphatic imine (C=N–C) groups is 1. The van der Waals surface area contributed by atoms with Gasteiger partial charge in [-0.25, -0.2) is 14.2 Å². The SMILES string of the molecule is CCC(=O)N=C1[C@H](C)C[C@@]2(C)OCC(=O)CO[C@H]([C@H]1C)[C@](C)(O)[C@@H](CC)OC(=O)[C@@](C)(F)C(=O)[C@H](C)[C@H]2O[C@@H]1O[C@H](C)C[C@H](N(C)C)[C@H]1O. The van der Waals surface area contributed by atoms with Crippen molar-refractivity contribution in [2.24, 2.45) is 22.7 Å². The van der Waals surface area contributed by atoms with Gasteiger partial charge in [0.05, 0.1) is 23.9 Å². The zero-order valence-electron chi connectivity index (χ0n) is 30.9. The second-order valence-corrected chi connectivity index (χ2v) is 14.9. The first-order valence-corrected chi connectivity index (χ1v) is 17.3. The average molecular weight is 701 g/mol. The summed E-state index contributed by atoms with van der Waals surface area (Å²) in [7, 11) is 3.60. The number of hydrogen-bond donors (Lipinski definition) is 2. The van der Waals surface area contributed by atoms with E-state index in [0.29, 0.717) is 12.1 Å². The van der Waals surface area contributed by atoms with Gasteiger partial charge in [0.15, 0.2) is 17.9 Å². The Morgan fingerprint density at radius 2 is 1.69 bits per heavy atom. The van der Waals surface area contributed by atoms with Crippen molar-refractivity contribution in [3.8, 4) is 0 Å². The normalized spacial score (nSPS) is 44.2. The van der Waals surface area contributed by atoms with Crippen molar-refractivity contribution in [2.75, 3.05) is 27.3 Å². The van der Waals surface area contributed by atoms with Crippen LogP contribution in [0.5, 0.6) is 0 Å². The number of amides is 1. The van der Waals surface area contributed by atoms with Gasteiger partial charge in [-0.15, -0.1) is 0 Å². The Morgan fingerprint density at radius 1 is 1.06 bits per heavy atom. The molecule has 49 heavy (non-hydrogen) atoms. The molecular weight excluding hydrogens is 643 g/mol. The minimum Gasteiger partial charge on any atom is -0.457 e. The standard InChI is InChI=1S/C35H57FN2O11/c1-12-24-35(9,44)30-20(5)26(37-25(40)13-2)18(3)15-33(7,46-17-22(39)16-45-30)29(21(6)28(42)34(8,36)32(43)48-24)49-31-27(41)23(38(10)11)14-19(4)47-31/h18-21,23-24,27,29-31,41,44H,12-17H2,1-11H3/t18-,19-,20+,21+,23+,24-,27-,29-,30-,31+,33-,34+,35-/m1/s1. The number of ketones is 2. The van der Waals surface area contributed by atoms with Crippen LogP contribution in [0.15, 0.2) is 4.99 Å². The molecule has 3 saturated heterocycles. The van der Waals surface area contributed by atoms with Crippen molar-refractivity contribution >= 4 is 29.2 Å². The third-order valence-electron chi connectivity index (χ3n) is 10.4. The van der Waals surface area contributed by atoms with Crippen LogP contribution < -0.4 is 0 Å². The molecule has 0 spiro atoms. The van der Waals surface area contributed by atoms with E-state index < -0.39 is 108 Å². The summed E-state index contributed by atoms with van der Waals surface area (Å²) in [6, 6.07) is -0.394. The Morgan fingerprint density at radius 3 is 2.27 bits per heavy atom. The topological polar surface area (TPSA) is 170 Å². The van der Waals surface area contributed by atoms with E-state index in [0.717, 1.165) is 6.92 Å². The van der Waals surface area contributed by atoms with Crippen LogP contribution in [0.4, 0.5) is 4.39 Å². The lowest BCUT2D eigenvalue weighted by atomic mass is 9.73. The number of carbonyl (C=O) groups is 4. The Hall–Kier alpha value is -2.20. The smallest absolute Gasteiger partial charge is 0.351 e. The number of rotatable bonds is 5. The molecule has 0 aromatic carbocycles. The number of nitrogens with zero attached hydrogens (tertiary/aromatic N) is 2. The number of esters is 1. The maximum absolute atomic E-state index is 16.6. The van der Waals surface area contributed by atoms with E-state index in [4.69, 9.17) is 23.7 Å². The molecule has 13 nitrogen and oxygen atoms in total. The fraction of sp³-hybridized carbons (Fsp3) is 0.857. The summed E-state index contributed by atoms with van der Waals surface area (Å²) >= 11 is 0. The van der Waals surface area contributed by atoms with Crippen LogP contribution in [0.3, 0.4) is 0 Å². The fourth-order valence-electron chi connectivity index (χ4n) is 7.59. The van der Waals surface area contributed by atoms with Crippen molar-refractivity contribution in [1.82, 2.24) is 4.90 Å². The third-order valence-corrected chi connectivity index (χ3v) is 10.4. The molecule has 0 saturated carbocycles. The lowest BCUT2D eigenvalue weighted by Crippen LogP contribution is -2.61. The Balaban J connectivity index is 2.34. The molecule has 3 fully saturated rings. The molecule has 280 valence electrons. The zero-order chi connectivity index (χ0) is 37.2. The highest BCUT2D eigenvalue weighted by molar-refractivity contribution is 6.08. The number of hydrogen-bond acceptors (Lipinski definition) is 12. The molecule has 3 aliphatic rings. The number of fused-ring (bicyclic) bond motifs is 5. The predicted molar refractivity (Wildman–Crippen MR) is 177 cm³/mol. The quantitative estimate of drug-likeness (QED) is 0.318. The van der Waals surface area contributed by atoms with Crippen LogP contribution in [0.25, 0.3) is 0 Å². The molecule has 3 aliphatic heterocycles. The maximum Gasteiger partial charge on any atom is 0.351 e. The number of cyclic esters (lactones) is 1. The first-order valence-electron chi connectivity index (χ1n) is 17.3. The van der Waals surface area contributed by atoms with Gasteiger partial charge in [-0.1, -0.05) is 34.6 Å². The Bertz CT molecular complexity index is 1260. The van der Waals surface area contributed by atoms with E-state index in [9.17, 15) is 29.4 Å². The molecule has 3 heterocycles. The van der Waals surface area contributed by atoms with E-state index in [1.54, 1.807) is 48.7 Å². The lowest BCUT2D eigenvalue weighted by molar-refractivity contribution is -0.297. The van der Waals surface area contributed by atoms with Crippen molar-refractivity contribution < 1.29 is 57.5 Å². The first kappa shape index (κ1) is 41.2. The van der Waals surface area contributed by atoms with Crippen LogP contribution in [0.1, 0.15) is 88.0 Å². The minimum absolute atomic E-state index is 0.00986. The molecule has 0 aliphatic carbocycles. The predicted octanol–water partition coefficient (Wildman–Crippen LogP) is 2.60. The largest absolute Gasteiger partial charge is 0.457 e. The van der Waals surface area contributed by atoms with Crippen molar-refractivity contribution in [1.29, 1.82) is 0 Å². The van der Waals surface area contributed by atoms with Gasteiger partial charge >= 0.3 is 5.97 Å². The molecule has 0 aromatic rings. The van der Waals surface area contributed by atoms with Crippen molar-refractivity contribution in [3.05, 3.63) is 0 Å². The second kappa shape index (κ2) is 16.0. The number of Topliss-reactive ketones (excluding diaryl/α,β-unsaturated/α-hetero) is 2. The minimum atomic E-state index is -3.20. The van der Waals surface area contributed by atoms with Crippen molar-refractivity contribution in [2.45, 2.75) is 148 Å². The average Bonchev–Trinajstić information content (AvgIpc) is 3.04. The number of alkyl halides is 1. The maximum atomic E-state index is 16.6. The molecule has 2 N–H and O–H groups in total. The highest BCUT2D eigenvalue weighted by Crippen LogP contribution is 2.41. The lowest BCUT2D eigenvalue weighted by Gasteiger charge is -2.47. The monoisotopic (exact) mass is 700 g/mol. The highest BCUT2D eigenvalue weighted by atomic mass is 19.1. The number of aliphatic hydroxyl groups is 2. The van der Waals surface area contributed by atoms with Crippen LogP contribution in [0, 0.1) is 17.8 Å². The van der Waals surface area contributed by atoms with Crippen LogP contribution >= 0.6 is 0 Å². The summed E-state index contributed by atoms with van der Waals surface area (Å²) in [5.41, 5.74) is -6.52. The number of carbonyl (C=O) groups excluding carboxylic acids is 4. The van der Waals surface area contributed by atoms with Gasteiger partial charge in [0.1, 0.15) is 31.0 Å². The third kappa shape index (κ3) is 8.82. The van der Waals surface area contributed by atoms with Gasteiger partial charge in [-0.2, -0.15) is 0 Å². The number of aliphatic hydroxyl groups excluding tert-OH is 1. The molecule has 0 radical (unpaired) electrons. The summed E-state index contributed by atoms with van der Waals surface area (Å²) in [5.74, 6) is -6.55. The number of ether oxygens (including phenoxy) is 5. The van der Waals surface area contributed by atoms with Crippen LogP contribution in [-0.4, -0.2) is 131 Å². The number of halogens is 1. The summed E-state index contributed by atoms with van der Waals surface area (Å²) in [4.78, 5) is 60.1. The first-order chi connectivity index (χ1) is 22.6. The van der Waals surface area contributed by atoms with Gasteiger partial charge in [-0.3, -0.25) is 14.4 Å². The van der Waals surface area contributed by atoms with Gasteiger partial charge in [0, 0.05) is 30.0 Å². The van der Waals surface area contributed by atoms with E-state index in [1.807, 2.05) is 11.8 Å². The Labute approximate surface area is 289 Å². The number of likely N-dealkylation sites (N-methyl/N-ethyl adjacent to an activating group) is 1. The van der Waals surface area contributed by atoms with E-state index in [-0.39, 0.29) is 25.4 Å². The summed E-state index contributed by atoms with van der Waals surface area (Å²) in [5, 5.41) is 23.4. The molecule has 3 rings (SSSR count). The summed E-state index contributed by atoms with van der Waals surface area (Å²) < 4.78 is 47.1. The molecule has 2 bridgehead atoms. The van der Waals surface area contributed by atoms with Crippen LogP contribution in [-0.2, 0) is 42.9 Å². The van der Waals surface area contributed by atoms with Gasteiger partial charge < -0.3 is 38.8 Å². The van der Waals surface area contributed by atoms with Gasteiger partial charge in [0.2, 0.25) is 5.91 Å². The Kier molecular flexibility index (Phi) is 13.5. The summed E-state index contributed by atoms with van der Waals surface area (Å²) in [6.45, 7) is 12.6. The van der Waals surface area contributed by atoms with Crippen LogP contribution in [0.2, 0.25) is 0 Å². The van der Waals surface area contributed by atoms with E-state index in [1.165, 1.54) is 13.8 Å². The van der Waals surface area contributed by atoms with E-state index in [2.05, 4.69) is 4.99 Å². The highest BCUT2D eigenvalue weighted by Gasteiger charge is 2.56.